The standard InChI is InChI=1S/C19H23ClN2O/c1-13-7-8-16-15(12-13)14-4-2-5-17-19(14)22(16)11-10-21(17)18(23)6-3-9-20/h7-8,12,17H,2-6,9-11H2,1H3/t17-/m1/s1. The van der Waals surface area contributed by atoms with Crippen molar-refractivity contribution in [1.29, 1.82) is 0 Å². The number of carbonyl (C=O) groups excluding carboxylic acids is 1. The van der Waals surface area contributed by atoms with Crippen molar-refractivity contribution in [3.05, 3.63) is 35.0 Å². The normalized spacial score (nSPS) is 19.9. The molecule has 0 spiro atoms. The Morgan fingerprint density at radius 1 is 1.35 bits per heavy atom. The summed E-state index contributed by atoms with van der Waals surface area (Å²) in [5.74, 6) is 0.839. The third kappa shape index (κ3) is 2.37. The minimum Gasteiger partial charge on any atom is -0.341 e. The van der Waals surface area contributed by atoms with Crippen LogP contribution in [0.3, 0.4) is 0 Å². The smallest absolute Gasteiger partial charge is 0.223 e. The van der Waals surface area contributed by atoms with E-state index in [1.807, 2.05) is 0 Å². The van der Waals surface area contributed by atoms with E-state index in [4.69, 9.17) is 11.6 Å². The van der Waals surface area contributed by atoms with E-state index in [0.29, 0.717) is 12.3 Å². The van der Waals surface area contributed by atoms with Crippen molar-refractivity contribution in [3.63, 3.8) is 0 Å². The largest absolute Gasteiger partial charge is 0.341 e. The van der Waals surface area contributed by atoms with Gasteiger partial charge in [-0.05, 0) is 50.3 Å². The van der Waals surface area contributed by atoms with Crippen molar-refractivity contribution in [2.45, 2.75) is 51.6 Å². The van der Waals surface area contributed by atoms with Crippen LogP contribution in [0, 0.1) is 6.92 Å². The van der Waals surface area contributed by atoms with Crippen molar-refractivity contribution in [2.24, 2.45) is 0 Å². The third-order valence-corrected chi connectivity index (χ3v) is 5.64. The zero-order valence-corrected chi connectivity index (χ0v) is 14.4. The van der Waals surface area contributed by atoms with E-state index in [0.717, 1.165) is 32.4 Å². The Bertz CT molecular complexity index is 764. The molecule has 1 amide bonds. The lowest BCUT2D eigenvalue weighted by molar-refractivity contribution is -0.135. The molecule has 2 heterocycles. The molecule has 2 aliphatic rings. The molecule has 1 aromatic heterocycles. The molecule has 0 radical (unpaired) electrons. The Balaban J connectivity index is 1.79. The van der Waals surface area contributed by atoms with Crippen LogP contribution in [0.4, 0.5) is 0 Å². The first-order valence-corrected chi connectivity index (χ1v) is 9.21. The summed E-state index contributed by atoms with van der Waals surface area (Å²) in [5.41, 5.74) is 5.55. The SMILES string of the molecule is Cc1ccc2c(c1)c1c3n2CCN(C(=O)CCCCl)[C@@H]3CCC1. The minimum absolute atomic E-state index is 0.267. The summed E-state index contributed by atoms with van der Waals surface area (Å²) in [6.45, 7) is 3.90. The number of nitrogens with zero attached hydrogens (tertiary/aromatic N) is 2. The molecule has 4 rings (SSSR count). The summed E-state index contributed by atoms with van der Waals surface area (Å²) >= 11 is 5.77. The van der Waals surface area contributed by atoms with Gasteiger partial charge in [0.15, 0.2) is 0 Å². The van der Waals surface area contributed by atoms with Crippen LogP contribution in [-0.2, 0) is 17.8 Å². The number of benzene rings is 1. The molecule has 0 N–H and O–H groups in total. The highest BCUT2D eigenvalue weighted by molar-refractivity contribution is 6.17. The molecular formula is C19H23ClN2O. The van der Waals surface area contributed by atoms with Gasteiger partial charge in [-0.1, -0.05) is 11.6 Å². The van der Waals surface area contributed by atoms with Gasteiger partial charge in [0.25, 0.3) is 0 Å². The van der Waals surface area contributed by atoms with Gasteiger partial charge in [0, 0.05) is 42.0 Å². The number of rotatable bonds is 3. The van der Waals surface area contributed by atoms with Crippen LogP contribution in [-0.4, -0.2) is 27.8 Å². The average molecular weight is 331 g/mol. The first-order valence-electron chi connectivity index (χ1n) is 8.67. The molecule has 0 saturated heterocycles. The maximum atomic E-state index is 12.6. The molecule has 23 heavy (non-hydrogen) atoms. The van der Waals surface area contributed by atoms with E-state index in [-0.39, 0.29) is 11.9 Å². The highest BCUT2D eigenvalue weighted by Gasteiger charge is 2.36. The Morgan fingerprint density at radius 2 is 2.22 bits per heavy atom. The first-order chi connectivity index (χ1) is 11.2. The maximum Gasteiger partial charge on any atom is 0.223 e. The summed E-state index contributed by atoms with van der Waals surface area (Å²) < 4.78 is 2.47. The van der Waals surface area contributed by atoms with Gasteiger partial charge in [0.1, 0.15) is 0 Å². The monoisotopic (exact) mass is 330 g/mol. The quantitative estimate of drug-likeness (QED) is 0.775. The molecule has 1 atom stereocenters. The van der Waals surface area contributed by atoms with Crippen molar-refractivity contribution in [1.82, 2.24) is 9.47 Å². The molecule has 1 aliphatic carbocycles. The Morgan fingerprint density at radius 3 is 3.04 bits per heavy atom. The lowest BCUT2D eigenvalue weighted by Gasteiger charge is -2.40. The topological polar surface area (TPSA) is 25.2 Å². The predicted octanol–water partition coefficient (Wildman–Crippen LogP) is 4.19. The van der Waals surface area contributed by atoms with Crippen molar-refractivity contribution in [2.75, 3.05) is 12.4 Å². The number of aromatic nitrogens is 1. The van der Waals surface area contributed by atoms with E-state index in [1.54, 1.807) is 0 Å². The van der Waals surface area contributed by atoms with Gasteiger partial charge in [0.2, 0.25) is 5.91 Å². The van der Waals surface area contributed by atoms with Crippen LogP contribution < -0.4 is 0 Å². The fourth-order valence-electron chi connectivity index (χ4n) is 4.38. The lowest BCUT2D eigenvalue weighted by atomic mass is 9.89. The van der Waals surface area contributed by atoms with E-state index in [9.17, 15) is 4.79 Å². The molecule has 2 aromatic rings. The number of halogens is 1. The first kappa shape index (κ1) is 15.1. The van der Waals surface area contributed by atoms with Gasteiger partial charge in [-0.25, -0.2) is 0 Å². The molecular weight excluding hydrogens is 308 g/mol. The minimum atomic E-state index is 0.267. The van der Waals surface area contributed by atoms with Crippen LogP contribution in [0.15, 0.2) is 18.2 Å². The van der Waals surface area contributed by atoms with Gasteiger partial charge >= 0.3 is 0 Å². The zero-order valence-electron chi connectivity index (χ0n) is 13.6. The predicted molar refractivity (Wildman–Crippen MR) is 94.0 cm³/mol. The number of hydrogen-bond acceptors (Lipinski definition) is 1. The number of aryl methyl sites for hydroxylation is 2. The van der Waals surface area contributed by atoms with E-state index >= 15 is 0 Å². The molecule has 4 heteroatoms. The highest BCUT2D eigenvalue weighted by atomic mass is 35.5. The van der Waals surface area contributed by atoms with Crippen molar-refractivity contribution < 1.29 is 4.79 Å². The summed E-state index contributed by atoms with van der Waals surface area (Å²) in [7, 11) is 0. The molecule has 0 bridgehead atoms. The lowest BCUT2D eigenvalue weighted by Crippen LogP contribution is -2.43. The zero-order chi connectivity index (χ0) is 16.0. The third-order valence-electron chi connectivity index (χ3n) is 5.37. The van der Waals surface area contributed by atoms with Crippen LogP contribution in [0.1, 0.15) is 48.5 Å². The van der Waals surface area contributed by atoms with Crippen LogP contribution in [0.2, 0.25) is 0 Å². The number of carbonyl (C=O) groups is 1. The van der Waals surface area contributed by atoms with Crippen LogP contribution >= 0.6 is 11.6 Å². The molecule has 0 saturated carbocycles. The van der Waals surface area contributed by atoms with Crippen molar-refractivity contribution in [3.8, 4) is 0 Å². The second kappa shape index (κ2) is 5.86. The number of hydrogen-bond donors (Lipinski definition) is 0. The van der Waals surface area contributed by atoms with Gasteiger partial charge < -0.3 is 9.47 Å². The highest BCUT2D eigenvalue weighted by Crippen LogP contribution is 2.42. The summed E-state index contributed by atoms with van der Waals surface area (Å²) in [6.07, 6.45) is 4.76. The van der Waals surface area contributed by atoms with Gasteiger partial charge in [-0.3, -0.25) is 4.79 Å². The van der Waals surface area contributed by atoms with Crippen molar-refractivity contribution >= 4 is 28.4 Å². The van der Waals surface area contributed by atoms with Gasteiger partial charge in [0.05, 0.1) is 6.04 Å². The summed E-state index contributed by atoms with van der Waals surface area (Å²) in [4.78, 5) is 14.7. The van der Waals surface area contributed by atoms with Gasteiger partial charge in [-0.2, -0.15) is 0 Å². The second-order valence-electron chi connectivity index (χ2n) is 6.82. The molecule has 0 unspecified atom stereocenters. The Kier molecular flexibility index (Phi) is 3.84. The number of fused-ring (bicyclic) bond motifs is 3. The Hall–Kier alpha value is -1.48. The van der Waals surface area contributed by atoms with Crippen LogP contribution in [0.5, 0.6) is 0 Å². The van der Waals surface area contributed by atoms with Crippen LogP contribution in [0.25, 0.3) is 10.9 Å². The van der Waals surface area contributed by atoms with Gasteiger partial charge in [-0.15, -0.1) is 11.6 Å². The Labute approximate surface area is 142 Å². The van der Waals surface area contributed by atoms with E-state index in [1.165, 1.54) is 34.1 Å². The number of amides is 1. The summed E-state index contributed by atoms with van der Waals surface area (Å²) in [5, 5.41) is 1.40. The summed E-state index contributed by atoms with van der Waals surface area (Å²) in [6, 6.07) is 7.04. The van der Waals surface area contributed by atoms with E-state index < -0.39 is 0 Å². The fraction of sp³-hybridized carbons (Fsp3) is 0.526. The average Bonchev–Trinajstić information content (AvgIpc) is 2.88. The molecule has 1 aromatic carbocycles. The molecule has 0 fully saturated rings. The second-order valence-corrected chi connectivity index (χ2v) is 7.20. The van der Waals surface area contributed by atoms with E-state index in [2.05, 4.69) is 34.6 Å². The fourth-order valence-corrected chi connectivity index (χ4v) is 4.51. The maximum absolute atomic E-state index is 12.6. The molecule has 3 nitrogen and oxygen atoms in total. The number of alkyl halides is 1. The molecule has 1 aliphatic heterocycles. The molecule has 122 valence electrons.